The van der Waals surface area contributed by atoms with E-state index in [1.807, 2.05) is 29.9 Å². The zero-order valence-corrected chi connectivity index (χ0v) is 28.4. The summed E-state index contributed by atoms with van der Waals surface area (Å²) in [6.07, 6.45) is 10.6. The third kappa shape index (κ3) is 9.98. The van der Waals surface area contributed by atoms with Crippen molar-refractivity contribution in [3.05, 3.63) is 41.8 Å². The van der Waals surface area contributed by atoms with Crippen LogP contribution in [0.1, 0.15) is 38.6 Å². The molecule has 1 atom stereocenters. The molecule has 2 fully saturated rings. The highest BCUT2D eigenvalue weighted by atomic mass is 35.5. The predicted molar refractivity (Wildman–Crippen MR) is 183 cm³/mol. The van der Waals surface area contributed by atoms with Crippen LogP contribution in [0.3, 0.4) is 0 Å². The van der Waals surface area contributed by atoms with Gasteiger partial charge in [0.05, 0.1) is 63.2 Å². The average molecular weight is 687 g/mol. The monoisotopic (exact) mass is 686 g/mol. The summed E-state index contributed by atoms with van der Waals surface area (Å²) in [5.74, 6) is 6.83. The van der Waals surface area contributed by atoms with Crippen LogP contribution in [-0.2, 0) is 14.2 Å². The van der Waals surface area contributed by atoms with Crippen LogP contribution in [0.25, 0.3) is 11.1 Å². The molecule has 15 nitrogen and oxygen atoms in total. The first-order valence-electron chi connectivity index (χ1n) is 16.4. The second-order valence-corrected chi connectivity index (χ2v) is 12.2. The van der Waals surface area contributed by atoms with Gasteiger partial charge in [0.1, 0.15) is 24.1 Å². The number of ether oxygens (including phenoxy) is 5. The van der Waals surface area contributed by atoms with Crippen molar-refractivity contribution < 1.29 is 23.7 Å². The van der Waals surface area contributed by atoms with E-state index in [1.165, 1.54) is 5.01 Å². The van der Waals surface area contributed by atoms with Crippen molar-refractivity contribution in [2.75, 3.05) is 71.7 Å². The van der Waals surface area contributed by atoms with Crippen molar-refractivity contribution in [3.8, 4) is 22.8 Å². The minimum atomic E-state index is -0.299. The van der Waals surface area contributed by atoms with Crippen molar-refractivity contribution in [2.45, 2.75) is 50.8 Å². The van der Waals surface area contributed by atoms with Gasteiger partial charge < -0.3 is 29.0 Å². The SMILES string of the molecule is COCCOCCOc1nn([C@H]2CC[C@H](N3CCOCC3)CC2)cc1Nc1ncc(-c2ccc(Cl)c(O[C@@H](C)CN(C=N)NN)c2)cn1. The molecule has 2 aromatic heterocycles. The number of nitrogens with zero attached hydrogens (tertiary/aromatic N) is 6. The van der Waals surface area contributed by atoms with Crippen molar-refractivity contribution in [2.24, 2.45) is 5.84 Å². The van der Waals surface area contributed by atoms with Gasteiger partial charge in [0, 0.05) is 44.2 Å². The summed E-state index contributed by atoms with van der Waals surface area (Å²) in [5, 5.41) is 17.4. The van der Waals surface area contributed by atoms with Gasteiger partial charge in [0.2, 0.25) is 5.95 Å². The lowest BCUT2D eigenvalue weighted by atomic mass is 9.90. The maximum absolute atomic E-state index is 7.40. The molecule has 5 rings (SSSR count). The Hall–Kier alpha value is -3.57. The highest BCUT2D eigenvalue weighted by Crippen LogP contribution is 2.35. The molecule has 0 radical (unpaired) electrons. The number of anilines is 2. The van der Waals surface area contributed by atoms with E-state index in [-0.39, 0.29) is 12.1 Å². The van der Waals surface area contributed by atoms with Gasteiger partial charge >= 0.3 is 0 Å². The third-order valence-electron chi connectivity index (χ3n) is 8.47. The minimum absolute atomic E-state index is 0.283. The van der Waals surface area contributed by atoms with E-state index in [2.05, 4.69) is 25.7 Å². The van der Waals surface area contributed by atoms with Gasteiger partial charge in [-0.1, -0.05) is 17.7 Å². The largest absolute Gasteiger partial charge is 0.487 e. The molecule has 1 saturated heterocycles. The molecule has 0 unspecified atom stereocenters. The molecule has 0 amide bonds. The van der Waals surface area contributed by atoms with E-state index in [1.54, 1.807) is 25.6 Å². The lowest BCUT2D eigenvalue weighted by Gasteiger charge is -2.38. The Labute approximate surface area is 286 Å². The summed E-state index contributed by atoms with van der Waals surface area (Å²) in [5.41, 5.74) is 4.74. The van der Waals surface area contributed by atoms with Crippen LogP contribution < -0.4 is 26.2 Å². The molecule has 1 aromatic carbocycles. The number of hydrogen-bond acceptors (Lipinski definition) is 13. The highest BCUT2D eigenvalue weighted by Gasteiger charge is 2.29. The first-order valence-corrected chi connectivity index (χ1v) is 16.7. The molecule has 1 saturated carbocycles. The number of halogens is 1. The molecule has 16 heteroatoms. The van der Waals surface area contributed by atoms with E-state index in [4.69, 9.17) is 51.6 Å². The second-order valence-electron chi connectivity index (χ2n) is 11.8. The summed E-state index contributed by atoms with van der Waals surface area (Å²) in [6.45, 7) is 7.68. The molecule has 48 heavy (non-hydrogen) atoms. The van der Waals surface area contributed by atoms with Crippen LogP contribution in [0.5, 0.6) is 11.6 Å². The first-order chi connectivity index (χ1) is 23.5. The molecule has 2 aliphatic rings. The topological polar surface area (TPSA) is 170 Å². The molecular formula is C32H47ClN10O5. The Bertz CT molecular complexity index is 1420. The Morgan fingerprint density at radius 1 is 1.08 bits per heavy atom. The number of rotatable bonds is 18. The van der Waals surface area contributed by atoms with Gasteiger partial charge in [-0.15, -0.1) is 5.10 Å². The normalized spacial score (nSPS) is 19.1. The quantitative estimate of drug-likeness (QED) is 0.0503. The van der Waals surface area contributed by atoms with Gasteiger partial charge in [0.15, 0.2) is 0 Å². The van der Waals surface area contributed by atoms with Gasteiger partial charge in [-0.25, -0.2) is 9.97 Å². The Morgan fingerprint density at radius 2 is 1.81 bits per heavy atom. The summed E-state index contributed by atoms with van der Waals surface area (Å²) >= 11 is 6.43. The molecule has 262 valence electrons. The molecular weight excluding hydrogens is 640 g/mol. The maximum Gasteiger partial charge on any atom is 0.257 e. The van der Waals surface area contributed by atoms with E-state index in [0.29, 0.717) is 67.3 Å². The van der Waals surface area contributed by atoms with Crippen LogP contribution in [0.15, 0.2) is 36.8 Å². The molecule has 3 heterocycles. The van der Waals surface area contributed by atoms with E-state index >= 15 is 0 Å². The number of nitrogens with one attached hydrogen (secondary N) is 3. The first kappa shape index (κ1) is 35.7. The van der Waals surface area contributed by atoms with Crippen molar-refractivity contribution >= 4 is 29.6 Å². The maximum atomic E-state index is 7.40. The minimum Gasteiger partial charge on any atom is -0.487 e. The van der Waals surface area contributed by atoms with E-state index < -0.39 is 0 Å². The van der Waals surface area contributed by atoms with Gasteiger partial charge in [-0.3, -0.25) is 25.8 Å². The summed E-state index contributed by atoms with van der Waals surface area (Å²) in [6, 6.07) is 6.38. The number of hydrazine groups is 2. The standard InChI is InChI=1S/C32H47ClN10O5/c1-23(20-42(22-34)40-35)48-30-17-24(3-8-28(30)33)25-18-36-32(37-19-25)38-29-21-43(39-31(29)47-16-15-46-14-13-44-2)27-6-4-26(5-7-27)41-9-11-45-12-10-41/h3,8,17-19,21-23,26-27,34,40H,4-7,9-16,20,35H2,1-2H3,(H,36,37,38)/t23-,26-,27-/m0/s1. The van der Waals surface area contributed by atoms with Crippen LogP contribution in [0.4, 0.5) is 11.6 Å². The Kier molecular flexibility index (Phi) is 13.6. The predicted octanol–water partition coefficient (Wildman–Crippen LogP) is 3.65. The third-order valence-corrected chi connectivity index (χ3v) is 8.78. The Balaban J connectivity index is 1.25. The summed E-state index contributed by atoms with van der Waals surface area (Å²) in [4.78, 5) is 11.7. The number of morpholine rings is 1. The van der Waals surface area contributed by atoms with Gasteiger partial charge in [-0.2, -0.15) is 5.53 Å². The lowest BCUT2D eigenvalue weighted by molar-refractivity contribution is 0.00501. The van der Waals surface area contributed by atoms with Crippen LogP contribution in [-0.4, -0.2) is 115 Å². The molecule has 0 bridgehead atoms. The van der Waals surface area contributed by atoms with E-state index in [9.17, 15) is 0 Å². The molecule has 5 N–H and O–H groups in total. The van der Waals surface area contributed by atoms with Gasteiger partial charge in [-0.05, 0) is 50.3 Å². The van der Waals surface area contributed by atoms with Crippen molar-refractivity contribution in [1.29, 1.82) is 5.41 Å². The number of methoxy groups -OCH3 is 1. The molecule has 0 spiro atoms. The smallest absolute Gasteiger partial charge is 0.257 e. The number of aromatic nitrogens is 4. The fourth-order valence-corrected chi connectivity index (χ4v) is 6.10. The zero-order valence-electron chi connectivity index (χ0n) is 27.6. The lowest BCUT2D eigenvalue weighted by Crippen LogP contribution is -2.46. The summed E-state index contributed by atoms with van der Waals surface area (Å²) in [7, 11) is 1.65. The van der Waals surface area contributed by atoms with E-state index in [0.717, 1.165) is 69.5 Å². The zero-order chi connectivity index (χ0) is 33.7. The molecule has 3 aromatic rings. The Morgan fingerprint density at radius 3 is 2.52 bits per heavy atom. The molecule has 1 aliphatic heterocycles. The fraction of sp³-hybridized carbons (Fsp3) is 0.562. The molecule has 1 aliphatic carbocycles. The number of benzene rings is 1. The van der Waals surface area contributed by atoms with Crippen molar-refractivity contribution in [3.63, 3.8) is 0 Å². The average Bonchev–Trinajstić information content (AvgIpc) is 3.52. The fourth-order valence-electron chi connectivity index (χ4n) is 5.94. The number of hydrogen-bond donors (Lipinski definition) is 4. The highest BCUT2D eigenvalue weighted by molar-refractivity contribution is 6.32. The van der Waals surface area contributed by atoms with Crippen LogP contribution in [0.2, 0.25) is 5.02 Å². The van der Waals surface area contributed by atoms with Crippen LogP contribution >= 0.6 is 11.6 Å². The van der Waals surface area contributed by atoms with Crippen LogP contribution in [0, 0.1) is 5.41 Å². The van der Waals surface area contributed by atoms with Crippen molar-refractivity contribution in [1.82, 2.24) is 35.2 Å². The van der Waals surface area contributed by atoms with Gasteiger partial charge in [0.25, 0.3) is 5.88 Å². The summed E-state index contributed by atoms with van der Waals surface area (Å²) < 4.78 is 30.3. The number of nitrogens with two attached hydrogens (primary N) is 1. The second kappa shape index (κ2) is 18.3.